The van der Waals surface area contributed by atoms with Crippen LogP contribution in [0.1, 0.15) is 38.2 Å². The molecule has 1 aromatic heterocycles. The number of hydrogen-bond acceptors (Lipinski definition) is 3. The number of furan rings is 1. The van der Waals surface area contributed by atoms with E-state index in [-0.39, 0.29) is 0 Å². The van der Waals surface area contributed by atoms with Crippen molar-refractivity contribution in [1.82, 2.24) is 10.2 Å². The minimum atomic E-state index is 0.661. The molecule has 0 spiro atoms. The summed E-state index contributed by atoms with van der Waals surface area (Å²) in [7, 11) is 2.13. The molecule has 0 unspecified atom stereocenters. The van der Waals surface area contributed by atoms with Crippen molar-refractivity contribution in [3.8, 4) is 0 Å². The summed E-state index contributed by atoms with van der Waals surface area (Å²) in [4.78, 5) is 2.29. The summed E-state index contributed by atoms with van der Waals surface area (Å²) >= 11 is 0. The van der Waals surface area contributed by atoms with Crippen LogP contribution in [-0.4, -0.2) is 31.1 Å². The zero-order valence-corrected chi connectivity index (χ0v) is 11.6. The highest BCUT2D eigenvalue weighted by atomic mass is 16.3. The van der Waals surface area contributed by atoms with Gasteiger partial charge in [0.2, 0.25) is 0 Å². The molecule has 0 atom stereocenters. The number of aryl methyl sites for hydroxylation is 1. The SMILES string of the molecule is CCC(CC)NCCN(C)Cc1ccc(C)o1. The molecule has 0 aliphatic heterocycles. The molecule has 0 saturated carbocycles. The van der Waals surface area contributed by atoms with Crippen LogP contribution in [0.5, 0.6) is 0 Å². The maximum absolute atomic E-state index is 5.56. The molecule has 98 valence electrons. The topological polar surface area (TPSA) is 28.4 Å². The molecular formula is C14H26N2O. The molecule has 1 N–H and O–H groups in total. The van der Waals surface area contributed by atoms with Crippen LogP contribution in [0.15, 0.2) is 16.5 Å². The van der Waals surface area contributed by atoms with Gasteiger partial charge < -0.3 is 9.73 Å². The summed E-state index contributed by atoms with van der Waals surface area (Å²) in [5, 5.41) is 3.57. The molecule has 1 heterocycles. The second-order valence-electron chi connectivity index (χ2n) is 4.72. The zero-order chi connectivity index (χ0) is 12.7. The molecule has 0 aliphatic rings. The Hall–Kier alpha value is -0.800. The lowest BCUT2D eigenvalue weighted by atomic mass is 10.2. The molecule has 1 aromatic rings. The van der Waals surface area contributed by atoms with Crippen molar-refractivity contribution in [3.63, 3.8) is 0 Å². The van der Waals surface area contributed by atoms with Crippen LogP contribution >= 0.6 is 0 Å². The Morgan fingerprint density at radius 3 is 2.53 bits per heavy atom. The molecule has 17 heavy (non-hydrogen) atoms. The first-order valence-corrected chi connectivity index (χ1v) is 6.63. The Morgan fingerprint density at radius 2 is 2.00 bits per heavy atom. The molecule has 0 amide bonds. The number of likely N-dealkylation sites (N-methyl/N-ethyl adjacent to an activating group) is 1. The Kier molecular flexibility index (Phi) is 6.30. The van der Waals surface area contributed by atoms with Gasteiger partial charge in [-0.3, -0.25) is 4.90 Å². The first-order valence-electron chi connectivity index (χ1n) is 6.63. The second-order valence-corrected chi connectivity index (χ2v) is 4.72. The summed E-state index contributed by atoms with van der Waals surface area (Å²) in [5.41, 5.74) is 0. The number of hydrogen-bond donors (Lipinski definition) is 1. The van der Waals surface area contributed by atoms with Gasteiger partial charge in [0.1, 0.15) is 11.5 Å². The predicted octanol–water partition coefficient (Wildman–Crippen LogP) is 2.80. The summed E-state index contributed by atoms with van der Waals surface area (Å²) in [6.45, 7) is 9.43. The molecular weight excluding hydrogens is 212 g/mol. The third-order valence-corrected chi connectivity index (χ3v) is 3.13. The van der Waals surface area contributed by atoms with Gasteiger partial charge >= 0.3 is 0 Å². The smallest absolute Gasteiger partial charge is 0.118 e. The predicted molar refractivity (Wildman–Crippen MR) is 72.2 cm³/mol. The van der Waals surface area contributed by atoms with Gasteiger partial charge in [-0.05, 0) is 38.9 Å². The van der Waals surface area contributed by atoms with E-state index >= 15 is 0 Å². The van der Waals surface area contributed by atoms with Crippen LogP contribution < -0.4 is 5.32 Å². The lowest BCUT2D eigenvalue weighted by molar-refractivity contribution is 0.285. The van der Waals surface area contributed by atoms with E-state index in [1.165, 1.54) is 12.8 Å². The summed E-state index contributed by atoms with van der Waals surface area (Å²) < 4.78 is 5.56. The van der Waals surface area contributed by atoms with Crippen molar-refractivity contribution in [2.75, 3.05) is 20.1 Å². The van der Waals surface area contributed by atoms with Crippen LogP contribution in [0.25, 0.3) is 0 Å². The number of rotatable bonds is 8. The van der Waals surface area contributed by atoms with E-state index < -0.39 is 0 Å². The van der Waals surface area contributed by atoms with E-state index in [1.54, 1.807) is 0 Å². The molecule has 0 radical (unpaired) electrons. The van der Waals surface area contributed by atoms with E-state index in [0.29, 0.717) is 6.04 Å². The zero-order valence-electron chi connectivity index (χ0n) is 11.6. The first-order chi connectivity index (χ1) is 8.15. The molecule has 0 bridgehead atoms. The fourth-order valence-electron chi connectivity index (χ4n) is 1.95. The third-order valence-electron chi connectivity index (χ3n) is 3.13. The highest BCUT2D eigenvalue weighted by Gasteiger charge is 2.05. The fraction of sp³-hybridized carbons (Fsp3) is 0.714. The van der Waals surface area contributed by atoms with Crippen LogP contribution in [0, 0.1) is 6.92 Å². The van der Waals surface area contributed by atoms with Gasteiger partial charge in [-0.2, -0.15) is 0 Å². The molecule has 3 nitrogen and oxygen atoms in total. The standard InChI is InChI=1S/C14H26N2O/c1-5-13(6-2)15-9-10-16(4)11-14-8-7-12(3)17-14/h7-8,13,15H,5-6,9-11H2,1-4H3. The van der Waals surface area contributed by atoms with Gasteiger partial charge in [0.05, 0.1) is 6.54 Å². The van der Waals surface area contributed by atoms with Crippen LogP contribution in [0.3, 0.4) is 0 Å². The van der Waals surface area contributed by atoms with Crippen LogP contribution in [-0.2, 0) is 6.54 Å². The molecule has 1 rings (SSSR count). The van der Waals surface area contributed by atoms with E-state index in [4.69, 9.17) is 4.42 Å². The van der Waals surface area contributed by atoms with E-state index in [2.05, 4.69) is 37.2 Å². The monoisotopic (exact) mass is 238 g/mol. The van der Waals surface area contributed by atoms with Gasteiger partial charge in [-0.25, -0.2) is 0 Å². The Bertz CT molecular complexity index is 305. The van der Waals surface area contributed by atoms with Gasteiger partial charge in [-0.1, -0.05) is 13.8 Å². The second kappa shape index (κ2) is 7.51. The van der Waals surface area contributed by atoms with Crippen LogP contribution in [0.4, 0.5) is 0 Å². The fourth-order valence-corrected chi connectivity index (χ4v) is 1.95. The van der Waals surface area contributed by atoms with E-state index in [1.807, 2.05) is 13.0 Å². The van der Waals surface area contributed by atoms with Gasteiger partial charge in [0, 0.05) is 19.1 Å². The quantitative estimate of drug-likeness (QED) is 0.755. The van der Waals surface area contributed by atoms with Crippen molar-refractivity contribution in [2.24, 2.45) is 0 Å². The largest absolute Gasteiger partial charge is 0.465 e. The van der Waals surface area contributed by atoms with E-state index in [9.17, 15) is 0 Å². The number of nitrogens with zero attached hydrogens (tertiary/aromatic N) is 1. The van der Waals surface area contributed by atoms with Crippen molar-refractivity contribution >= 4 is 0 Å². The van der Waals surface area contributed by atoms with Crippen molar-refractivity contribution in [3.05, 3.63) is 23.7 Å². The maximum Gasteiger partial charge on any atom is 0.118 e. The minimum Gasteiger partial charge on any atom is -0.465 e. The summed E-state index contributed by atoms with van der Waals surface area (Å²) in [5.74, 6) is 2.04. The molecule has 0 aliphatic carbocycles. The average molecular weight is 238 g/mol. The Balaban J connectivity index is 2.19. The van der Waals surface area contributed by atoms with Gasteiger partial charge in [0.25, 0.3) is 0 Å². The third kappa shape index (κ3) is 5.37. The molecule has 0 fully saturated rings. The van der Waals surface area contributed by atoms with Gasteiger partial charge in [0.15, 0.2) is 0 Å². The summed E-state index contributed by atoms with van der Waals surface area (Å²) in [6, 6.07) is 4.74. The molecule has 3 heteroatoms. The number of nitrogens with one attached hydrogen (secondary N) is 1. The average Bonchev–Trinajstić information content (AvgIpc) is 2.70. The lowest BCUT2D eigenvalue weighted by Crippen LogP contribution is -2.34. The highest BCUT2D eigenvalue weighted by molar-refractivity contribution is 5.05. The summed E-state index contributed by atoms with van der Waals surface area (Å²) in [6.07, 6.45) is 2.41. The Labute approximate surface area is 105 Å². The normalized spacial score (nSPS) is 11.6. The van der Waals surface area contributed by atoms with Crippen molar-refractivity contribution < 1.29 is 4.42 Å². The van der Waals surface area contributed by atoms with Gasteiger partial charge in [-0.15, -0.1) is 0 Å². The molecule has 0 saturated heterocycles. The minimum absolute atomic E-state index is 0.661. The highest BCUT2D eigenvalue weighted by Crippen LogP contribution is 2.08. The maximum atomic E-state index is 5.56. The Morgan fingerprint density at radius 1 is 1.29 bits per heavy atom. The van der Waals surface area contributed by atoms with E-state index in [0.717, 1.165) is 31.2 Å². The lowest BCUT2D eigenvalue weighted by Gasteiger charge is -2.19. The first kappa shape index (κ1) is 14.3. The molecule has 0 aromatic carbocycles. The van der Waals surface area contributed by atoms with Crippen molar-refractivity contribution in [1.29, 1.82) is 0 Å². The van der Waals surface area contributed by atoms with Crippen molar-refractivity contribution in [2.45, 2.75) is 46.2 Å². The van der Waals surface area contributed by atoms with Crippen LogP contribution in [0.2, 0.25) is 0 Å².